The Morgan fingerprint density at radius 3 is 2.50 bits per heavy atom. The van der Waals surface area contributed by atoms with Crippen LogP contribution in [0.1, 0.15) is 6.92 Å². The van der Waals surface area contributed by atoms with Gasteiger partial charge in [-0.05, 0) is 35.0 Å². The summed E-state index contributed by atoms with van der Waals surface area (Å²) in [5.41, 5.74) is 5.29. The van der Waals surface area contributed by atoms with Crippen molar-refractivity contribution >= 4 is 43.2 Å². The number of nitrogens with two attached hydrogens (primary N) is 1. The van der Waals surface area contributed by atoms with E-state index in [-0.39, 0.29) is 11.9 Å². The highest BCUT2D eigenvalue weighted by Crippen LogP contribution is 2.28. The summed E-state index contributed by atoms with van der Waals surface area (Å²) in [6.07, 6.45) is 0. The molecular formula is C11H17BrN3O3S2+. The molecule has 2 rings (SSSR count). The first kappa shape index (κ1) is 15.9. The molecule has 1 aromatic rings. The Morgan fingerprint density at radius 2 is 2.05 bits per heavy atom. The highest BCUT2D eigenvalue weighted by atomic mass is 79.9. The molecule has 0 aliphatic carbocycles. The number of halogens is 1. The van der Waals surface area contributed by atoms with Crippen LogP contribution < -0.4 is 10.6 Å². The van der Waals surface area contributed by atoms with E-state index in [9.17, 15) is 13.2 Å². The lowest BCUT2D eigenvalue weighted by molar-refractivity contribution is -0.917. The maximum absolute atomic E-state index is 12.4. The number of amides is 1. The number of rotatable bonds is 4. The Morgan fingerprint density at radius 1 is 1.45 bits per heavy atom. The van der Waals surface area contributed by atoms with E-state index in [2.05, 4.69) is 15.9 Å². The van der Waals surface area contributed by atoms with Gasteiger partial charge in [0, 0.05) is 0 Å². The van der Waals surface area contributed by atoms with Gasteiger partial charge in [-0.3, -0.25) is 4.79 Å². The molecule has 0 unspecified atom stereocenters. The molecule has 9 heteroatoms. The second-order valence-corrected chi connectivity index (χ2v) is 9.37. The zero-order valence-corrected chi connectivity index (χ0v) is 14.2. The summed E-state index contributed by atoms with van der Waals surface area (Å²) >= 11 is 4.48. The van der Waals surface area contributed by atoms with Crippen molar-refractivity contribution in [1.29, 1.82) is 0 Å². The van der Waals surface area contributed by atoms with E-state index in [4.69, 9.17) is 5.73 Å². The number of thiophene rings is 1. The summed E-state index contributed by atoms with van der Waals surface area (Å²) in [5.74, 6) is -0.349. The van der Waals surface area contributed by atoms with E-state index in [1.165, 1.54) is 15.6 Å². The van der Waals surface area contributed by atoms with Crippen molar-refractivity contribution in [1.82, 2.24) is 4.31 Å². The van der Waals surface area contributed by atoms with Gasteiger partial charge in [0.2, 0.25) is 0 Å². The first-order chi connectivity index (χ1) is 9.32. The largest absolute Gasteiger partial charge is 0.365 e. The fourth-order valence-electron chi connectivity index (χ4n) is 2.21. The van der Waals surface area contributed by atoms with Crippen LogP contribution in [0.4, 0.5) is 0 Å². The number of carbonyl (C=O) groups excluding carboxylic acids is 1. The predicted molar refractivity (Wildman–Crippen MR) is 80.1 cm³/mol. The molecule has 20 heavy (non-hydrogen) atoms. The van der Waals surface area contributed by atoms with Gasteiger partial charge >= 0.3 is 0 Å². The van der Waals surface area contributed by atoms with Gasteiger partial charge in [-0.15, -0.1) is 11.3 Å². The maximum atomic E-state index is 12.4. The van der Waals surface area contributed by atoms with Crippen LogP contribution in [0.2, 0.25) is 0 Å². The predicted octanol–water partition coefficient (Wildman–Crippen LogP) is -0.726. The average molecular weight is 383 g/mol. The fourth-order valence-corrected chi connectivity index (χ4v) is 5.82. The molecule has 1 atom stereocenters. The molecule has 0 aromatic carbocycles. The smallest absolute Gasteiger partial charge is 0.275 e. The highest BCUT2D eigenvalue weighted by Gasteiger charge is 2.34. The summed E-state index contributed by atoms with van der Waals surface area (Å²) in [6, 6.07) is 3.06. The molecule has 0 bridgehead atoms. The van der Waals surface area contributed by atoms with Crippen LogP contribution in [-0.4, -0.2) is 50.9 Å². The van der Waals surface area contributed by atoms with Crippen LogP contribution in [0.3, 0.4) is 0 Å². The third kappa shape index (κ3) is 3.22. The number of nitrogens with zero attached hydrogens (tertiary/aromatic N) is 1. The molecule has 1 fully saturated rings. The van der Waals surface area contributed by atoms with Crippen LogP contribution in [0, 0.1) is 0 Å². The zero-order valence-electron chi connectivity index (χ0n) is 11.0. The molecule has 1 amide bonds. The molecule has 112 valence electrons. The molecule has 0 saturated carbocycles. The first-order valence-electron chi connectivity index (χ1n) is 6.22. The highest BCUT2D eigenvalue weighted by molar-refractivity contribution is 9.11. The molecule has 1 aromatic heterocycles. The topological polar surface area (TPSA) is 84.9 Å². The number of hydrogen-bond acceptors (Lipinski definition) is 4. The standard InChI is InChI=1S/C11H16BrN3O3S2/c1-8(11(13)16)14-4-6-15(7-5-14)20(17,18)10-3-2-9(12)19-10/h2-3,8H,4-7H2,1H3,(H2,13,16)/p+1/t8-/m0/s1. The van der Waals surface area contributed by atoms with Crippen molar-refractivity contribution < 1.29 is 18.1 Å². The molecule has 1 aliphatic heterocycles. The van der Waals surface area contributed by atoms with Crippen molar-refractivity contribution in [2.24, 2.45) is 5.73 Å². The van der Waals surface area contributed by atoms with E-state index in [1.807, 2.05) is 0 Å². The van der Waals surface area contributed by atoms with Gasteiger partial charge < -0.3 is 10.6 Å². The van der Waals surface area contributed by atoms with Gasteiger partial charge in [-0.1, -0.05) is 0 Å². The SMILES string of the molecule is C[C@@H](C(N)=O)[NH+]1CCN(S(=O)(=O)c2ccc(Br)s2)CC1. The lowest BCUT2D eigenvalue weighted by atomic mass is 10.2. The average Bonchev–Trinajstić information content (AvgIpc) is 2.85. The van der Waals surface area contributed by atoms with Crippen LogP contribution in [0.25, 0.3) is 0 Å². The van der Waals surface area contributed by atoms with Gasteiger partial charge in [-0.2, -0.15) is 4.31 Å². The molecule has 3 N–H and O–H groups in total. The number of quaternary nitrogens is 1. The van der Waals surface area contributed by atoms with E-state index in [0.717, 1.165) is 8.69 Å². The Labute approximate surface area is 130 Å². The van der Waals surface area contributed by atoms with Gasteiger partial charge in [0.1, 0.15) is 4.21 Å². The quantitative estimate of drug-likeness (QED) is 0.719. The summed E-state index contributed by atoms with van der Waals surface area (Å²) in [7, 11) is -3.42. The minimum absolute atomic E-state index is 0.282. The third-order valence-corrected chi connectivity index (χ3v) is 7.54. The van der Waals surface area contributed by atoms with Gasteiger partial charge in [0.15, 0.2) is 6.04 Å². The first-order valence-corrected chi connectivity index (χ1v) is 9.26. The van der Waals surface area contributed by atoms with Crippen molar-refractivity contribution in [3.63, 3.8) is 0 Å². The van der Waals surface area contributed by atoms with Crippen molar-refractivity contribution in [3.05, 3.63) is 15.9 Å². The van der Waals surface area contributed by atoms with Crippen molar-refractivity contribution in [2.45, 2.75) is 17.2 Å². The summed E-state index contributed by atoms with van der Waals surface area (Å²) in [4.78, 5) is 12.2. The van der Waals surface area contributed by atoms with Gasteiger partial charge in [0.05, 0.1) is 30.0 Å². The molecule has 6 nitrogen and oxygen atoms in total. The second kappa shape index (κ2) is 6.10. The monoisotopic (exact) mass is 382 g/mol. The van der Waals surface area contributed by atoms with Crippen LogP contribution in [0.5, 0.6) is 0 Å². The van der Waals surface area contributed by atoms with E-state index >= 15 is 0 Å². The third-order valence-electron chi connectivity index (χ3n) is 3.55. The molecule has 1 saturated heterocycles. The Balaban J connectivity index is 2.05. The van der Waals surface area contributed by atoms with Gasteiger partial charge in [-0.25, -0.2) is 8.42 Å². The lowest BCUT2D eigenvalue weighted by Gasteiger charge is -2.33. The summed E-state index contributed by atoms with van der Waals surface area (Å²) < 4.78 is 27.5. The summed E-state index contributed by atoms with van der Waals surface area (Å²) in [5, 5.41) is 0. The van der Waals surface area contributed by atoms with Gasteiger partial charge in [0.25, 0.3) is 15.9 Å². The molecule has 0 radical (unpaired) electrons. The Kier molecular flexibility index (Phi) is 4.85. The summed E-state index contributed by atoms with van der Waals surface area (Å²) in [6.45, 7) is 3.78. The normalized spacial score (nSPS) is 19.9. The molecule has 1 aliphatic rings. The number of hydrogen-bond donors (Lipinski definition) is 2. The van der Waals surface area contributed by atoms with Crippen molar-refractivity contribution in [2.75, 3.05) is 26.2 Å². The van der Waals surface area contributed by atoms with Crippen molar-refractivity contribution in [3.8, 4) is 0 Å². The minimum atomic E-state index is -3.42. The second-order valence-electron chi connectivity index (χ2n) is 4.74. The molecule has 0 spiro atoms. The lowest BCUT2D eigenvalue weighted by Crippen LogP contribution is -3.19. The fraction of sp³-hybridized carbons (Fsp3) is 0.545. The van der Waals surface area contributed by atoms with Crippen LogP contribution in [0.15, 0.2) is 20.1 Å². The molecular weight excluding hydrogens is 366 g/mol. The minimum Gasteiger partial charge on any atom is -0.365 e. The zero-order chi connectivity index (χ0) is 14.9. The van der Waals surface area contributed by atoms with E-state index < -0.39 is 10.0 Å². The number of primary amides is 1. The number of piperazine rings is 1. The number of sulfonamides is 1. The Bertz CT molecular complexity index is 594. The van der Waals surface area contributed by atoms with E-state index in [1.54, 1.807) is 19.1 Å². The Hall–Kier alpha value is -0.480. The maximum Gasteiger partial charge on any atom is 0.275 e. The molecule has 2 heterocycles. The van der Waals surface area contributed by atoms with Crippen LogP contribution >= 0.6 is 27.3 Å². The number of carbonyl (C=O) groups is 1. The van der Waals surface area contributed by atoms with E-state index in [0.29, 0.717) is 30.4 Å². The number of nitrogens with one attached hydrogen (secondary N) is 1. The van der Waals surface area contributed by atoms with Crippen LogP contribution in [-0.2, 0) is 14.8 Å².